The van der Waals surface area contributed by atoms with Gasteiger partial charge in [-0.25, -0.2) is 0 Å². The van der Waals surface area contributed by atoms with Crippen molar-refractivity contribution in [1.82, 2.24) is 5.32 Å². The van der Waals surface area contributed by atoms with Crippen LogP contribution in [-0.2, 0) is 0 Å². The first-order chi connectivity index (χ1) is 9.10. The number of amides is 1. The molecule has 1 aromatic rings. The Morgan fingerprint density at radius 3 is 2.89 bits per heavy atom. The van der Waals surface area contributed by atoms with Crippen LogP contribution in [0.3, 0.4) is 0 Å². The number of carbonyl (C=O) groups excluding carboxylic acids is 1. The second-order valence-corrected chi connectivity index (χ2v) is 5.45. The molecule has 0 saturated heterocycles. The van der Waals surface area contributed by atoms with Gasteiger partial charge in [0.25, 0.3) is 5.91 Å². The molecule has 0 aromatic heterocycles. The van der Waals surface area contributed by atoms with E-state index in [9.17, 15) is 4.79 Å². The number of hydrogen-bond acceptors (Lipinski definition) is 3. The highest BCUT2D eigenvalue weighted by atomic mass is 35.5. The van der Waals surface area contributed by atoms with E-state index in [4.69, 9.17) is 17.3 Å². The number of halogens is 1. The normalized spacial score (nSPS) is 22.9. The van der Waals surface area contributed by atoms with Crippen molar-refractivity contribution in [2.75, 3.05) is 12.4 Å². The summed E-state index contributed by atoms with van der Waals surface area (Å²) in [4.78, 5) is 11.6. The van der Waals surface area contributed by atoms with Crippen molar-refractivity contribution in [3.63, 3.8) is 0 Å². The van der Waals surface area contributed by atoms with Gasteiger partial charge in [0.15, 0.2) is 0 Å². The molecular weight excluding hydrogens is 262 g/mol. The lowest BCUT2D eigenvalue weighted by molar-refractivity contribution is 0.0963. The Bertz CT molecular complexity index is 464. The highest BCUT2D eigenvalue weighted by molar-refractivity contribution is 6.33. The van der Waals surface area contributed by atoms with Gasteiger partial charge in [0.05, 0.1) is 10.7 Å². The molecule has 0 radical (unpaired) electrons. The van der Waals surface area contributed by atoms with Crippen molar-refractivity contribution in [3.05, 3.63) is 28.8 Å². The maximum absolute atomic E-state index is 11.6. The van der Waals surface area contributed by atoms with Gasteiger partial charge in [0.2, 0.25) is 0 Å². The Hall–Kier alpha value is -1.26. The van der Waals surface area contributed by atoms with Crippen molar-refractivity contribution in [3.8, 4) is 0 Å². The summed E-state index contributed by atoms with van der Waals surface area (Å²) < 4.78 is 0. The summed E-state index contributed by atoms with van der Waals surface area (Å²) in [6.45, 7) is 0. The maximum atomic E-state index is 11.6. The summed E-state index contributed by atoms with van der Waals surface area (Å²) in [6.07, 6.45) is 4.25. The smallest absolute Gasteiger partial charge is 0.251 e. The second kappa shape index (κ2) is 6.26. The van der Waals surface area contributed by atoms with Crippen LogP contribution < -0.4 is 16.4 Å². The Morgan fingerprint density at radius 1 is 1.42 bits per heavy atom. The standard InChI is InChI=1S/C14H20ClN3O/c1-17-14(19)9-5-6-12(15)13(7-9)18-11-4-2-3-10(16)8-11/h5-7,10-11,18H,2-4,8,16H2,1H3,(H,17,19). The molecule has 2 rings (SSSR count). The Balaban J connectivity index is 2.12. The van der Waals surface area contributed by atoms with Crippen molar-refractivity contribution in [1.29, 1.82) is 0 Å². The van der Waals surface area contributed by atoms with Crippen LogP contribution in [0.2, 0.25) is 5.02 Å². The average molecular weight is 282 g/mol. The monoisotopic (exact) mass is 281 g/mol. The van der Waals surface area contributed by atoms with Crippen LogP contribution in [0, 0.1) is 0 Å². The van der Waals surface area contributed by atoms with E-state index in [1.165, 1.54) is 0 Å². The van der Waals surface area contributed by atoms with E-state index < -0.39 is 0 Å². The van der Waals surface area contributed by atoms with Crippen LogP contribution in [0.15, 0.2) is 18.2 Å². The van der Waals surface area contributed by atoms with Crippen LogP contribution in [0.4, 0.5) is 5.69 Å². The number of carbonyl (C=O) groups is 1. The Morgan fingerprint density at radius 2 is 2.21 bits per heavy atom. The van der Waals surface area contributed by atoms with E-state index in [0.29, 0.717) is 16.6 Å². The van der Waals surface area contributed by atoms with E-state index in [1.807, 2.05) is 0 Å². The lowest BCUT2D eigenvalue weighted by atomic mass is 9.91. The molecule has 104 valence electrons. The molecular formula is C14H20ClN3O. The SMILES string of the molecule is CNC(=O)c1ccc(Cl)c(NC2CCCC(N)C2)c1. The molecule has 1 aliphatic rings. The molecule has 19 heavy (non-hydrogen) atoms. The highest BCUT2D eigenvalue weighted by Crippen LogP contribution is 2.27. The number of benzene rings is 1. The second-order valence-electron chi connectivity index (χ2n) is 5.04. The van der Waals surface area contributed by atoms with Gasteiger partial charge in [-0.3, -0.25) is 4.79 Å². The number of nitrogens with two attached hydrogens (primary N) is 1. The predicted octanol–water partition coefficient (Wildman–Crippen LogP) is 2.38. The van der Waals surface area contributed by atoms with Crippen LogP contribution in [0.5, 0.6) is 0 Å². The predicted molar refractivity (Wildman–Crippen MR) is 78.7 cm³/mol. The molecule has 1 amide bonds. The summed E-state index contributed by atoms with van der Waals surface area (Å²) in [5.74, 6) is -0.111. The minimum Gasteiger partial charge on any atom is -0.381 e. The largest absolute Gasteiger partial charge is 0.381 e. The zero-order valence-corrected chi connectivity index (χ0v) is 11.8. The molecule has 1 aromatic carbocycles. The average Bonchev–Trinajstić information content (AvgIpc) is 2.40. The number of nitrogens with one attached hydrogen (secondary N) is 2. The maximum Gasteiger partial charge on any atom is 0.251 e. The molecule has 4 N–H and O–H groups in total. The highest BCUT2D eigenvalue weighted by Gasteiger charge is 2.20. The molecule has 0 bridgehead atoms. The molecule has 0 heterocycles. The molecule has 0 aliphatic heterocycles. The van der Waals surface area contributed by atoms with Gasteiger partial charge in [-0.15, -0.1) is 0 Å². The third-order valence-corrected chi connectivity index (χ3v) is 3.86. The van der Waals surface area contributed by atoms with E-state index in [1.54, 1.807) is 25.2 Å². The van der Waals surface area contributed by atoms with Gasteiger partial charge < -0.3 is 16.4 Å². The lowest BCUT2D eigenvalue weighted by Crippen LogP contribution is -2.35. The van der Waals surface area contributed by atoms with E-state index in [-0.39, 0.29) is 11.9 Å². The summed E-state index contributed by atoms with van der Waals surface area (Å²) in [5.41, 5.74) is 7.39. The molecule has 2 unspecified atom stereocenters. The van der Waals surface area contributed by atoms with Gasteiger partial charge in [-0.1, -0.05) is 11.6 Å². The fourth-order valence-corrected chi connectivity index (χ4v) is 2.67. The lowest BCUT2D eigenvalue weighted by Gasteiger charge is -2.28. The van der Waals surface area contributed by atoms with Crippen LogP contribution in [-0.4, -0.2) is 25.0 Å². The van der Waals surface area contributed by atoms with E-state index in [2.05, 4.69) is 10.6 Å². The topological polar surface area (TPSA) is 67.2 Å². The van der Waals surface area contributed by atoms with Crippen LogP contribution in [0.1, 0.15) is 36.0 Å². The van der Waals surface area contributed by atoms with Gasteiger partial charge in [-0.05, 0) is 43.9 Å². The number of anilines is 1. The quantitative estimate of drug-likeness (QED) is 0.797. The zero-order chi connectivity index (χ0) is 13.8. The summed E-state index contributed by atoms with van der Waals surface area (Å²) in [7, 11) is 1.62. The molecule has 2 atom stereocenters. The van der Waals surface area contributed by atoms with Crippen molar-refractivity contribution >= 4 is 23.2 Å². The molecule has 4 nitrogen and oxygen atoms in total. The van der Waals surface area contributed by atoms with Crippen molar-refractivity contribution in [2.45, 2.75) is 37.8 Å². The van der Waals surface area contributed by atoms with Gasteiger partial charge in [0, 0.05) is 24.7 Å². The Labute approximate surface area is 118 Å². The Kier molecular flexibility index (Phi) is 4.66. The fraction of sp³-hybridized carbons (Fsp3) is 0.500. The molecule has 5 heteroatoms. The van der Waals surface area contributed by atoms with E-state index in [0.717, 1.165) is 31.4 Å². The number of rotatable bonds is 3. The van der Waals surface area contributed by atoms with Gasteiger partial charge in [0.1, 0.15) is 0 Å². The van der Waals surface area contributed by atoms with Gasteiger partial charge in [-0.2, -0.15) is 0 Å². The molecule has 1 aliphatic carbocycles. The minimum absolute atomic E-state index is 0.111. The minimum atomic E-state index is -0.111. The van der Waals surface area contributed by atoms with Crippen LogP contribution in [0.25, 0.3) is 0 Å². The van der Waals surface area contributed by atoms with Crippen LogP contribution >= 0.6 is 11.6 Å². The zero-order valence-electron chi connectivity index (χ0n) is 11.1. The first-order valence-corrected chi connectivity index (χ1v) is 7.01. The third kappa shape index (κ3) is 3.61. The van der Waals surface area contributed by atoms with Crippen molar-refractivity contribution < 1.29 is 4.79 Å². The van der Waals surface area contributed by atoms with Gasteiger partial charge >= 0.3 is 0 Å². The van der Waals surface area contributed by atoms with E-state index >= 15 is 0 Å². The fourth-order valence-electron chi connectivity index (χ4n) is 2.50. The summed E-state index contributed by atoms with van der Waals surface area (Å²) >= 11 is 6.17. The first kappa shape index (κ1) is 14.2. The summed E-state index contributed by atoms with van der Waals surface area (Å²) in [6, 6.07) is 5.85. The molecule has 1 fully saturated rings. The molecule has 0 spiro atoms. The first-order valence-electron chi connectivity index (χ1n) is 6.64. The number of hydrogen-bond donors (Lipinski definition) is 3. The molecule has 1 saturated carbocycles. The third-order valence-electron chi connectivity index (χ3n) is 3.53. The van der Waals surface area contributed by atoms with Crippen molar-refractivity contribution in [2.24, 2.45) is 5.73 Å². The summed E-state index contributed by atoms with van der Waals surface area (Å²) in [5, 5.41) is 6.65.